The Kier molecular flexibility index (Phi) is 2.05. The van der Waals surface area contributed by atoms with Crippen molar-refractivity contribution < 1.29 is 0 Å². The molecule has 1 saturated heterocycles. The van der Waals surface area contributed by atoms with Gasteiger partial charge < -0.3 is 4.90 Å². The van der Waals surface area contributed by atoms with Gasteiger partial charge in [0.1, 0.15) is 0 Å². The molecule has 0 saturated carbocycles. The van der Waals surface area contributed by atoms with Crippen molar-refractivity contribution >= 4 is 5.57 Å². The molecule has 0 unspecified atom stereocenters. The molecule has 0 aromatic heterocycles. The van der Waals surface area contributed by atoms with Crippen LogP contribution in [0.3, 0.4) is 0 Å². The first-order valence-corrected chi connectivity index (χ1v) is 5.86. The van der Waals surface area contributed by atoms with Crippen LogP contribution in [0.4, 0.5) is 0 Å². The molecule has 1 aromatic rings. The number of benzene rings is 1. The molecular formula is C14H17N. The molecule has 0 N–H and O–H groups in total. The van der Waals surface area contributed by atoms with Crippen LogP contribution >= 0.6 is 0 Å². The molecule has 3 rings (SSSR count). The third kappa shape index (κ3) is 1.38. The molecule has 0 aliphatic carbocycles. The summed E-state index contributed by atoms with van der Waals surface area (Å²) in [6.45, 7) is 0. The van der Waals surface area contributed by atoms with E-state index >= 15 is 0 Å². The first-order chi connectivity index (χ1) is 7.36. The Hall–Kier alpha value is -1.24. The Morgan fingerprint density at radius 1 is 1.07 bits per heavy atom. The highest BCUT2D eigenvalue weighted by Crippen LogP contribution is 2.41. The fourth-order valence-corrected chi connectivity index (χ4v) is 3.00. The van der Waals surface area contributed by atoms with Crippen molar-refractivity contribution in [1.82, 2.24) is 4.90 Å². The summed E-state index contributed by atoms with van der Waals surface area (Å²) in [4.78, 5) is 2.51. The maximum atomic E-state index is 2.51. The zero-order chi connectivity index (χ0) is 10.3. The Morgan fingerprint density at radius 3 is 2.60 bits per heavy atom. The average molecular weight is 199 g/mol. The van der Waals surface area contributed by atoms with Crippen LogP contribution in [0.1, 0.15) is 31.2 Å². The van der Waals surface area contributed by atoms with Crippen LogP contribution in [0, 0.1) is 0 Å². The fraction of sp³-hybridized carbons (Fsp3) is 0.429. The van der Waals surface area contributed by atoms with Gasteiger partial charge in [0.05, 0.1) is 0 Å². The smallest absolute Gasteiger partial charge is 0.0290 e. The van der Waals surface area contributed by atoms with Gasteiger partial charge in [0.15, 0.2) is 0 Å². The SMILES string of the molecule is CN1C2=C(c3ccccc3)CC[C@@H]1CC2. The lowest BCUT2D eigenvalue weighted by molar-refractivity contribution is 0.324. The lowest BCUT2D eigenvalue weighted by Crippen LogP contribution is -2.27. The maximum absolute atomic E-state index is 2.51. The first kappa shape index (κ1) is 9.02. The zero-order valence-corrected chi connectivity index (χ0v) is 9.24. The minimum absolute atomic E-state index is 0.826. The highest BCUT2D eigenvalue weighted by molar-refractivity contribution is 5.69. The van der Waals surface area contributed by atoms with Gasteiger partial charge in [0, 0.05) is 18.8 Å². The van der Waals surface area contributed by atoms with Crippen LogP contribution in [0.15, 0.2) is 36.0 Å². The average Bonchev–Trinajstić information content (AvgIpc) is 2.54. The molecule has 2 heterocycles. The lowest BCUT2D eigenvalue weighted by atomic mass is 9.95. The lowest BCUT2D eigenvalue weighted by Gasteiger charge is -2.30. The van der Waals surface area contributed by atoms with Crippen molar-refractivity contribution in [3.05, 3.63) is 41.6 Å². The molecule has 2 aliphatic rings. The number of hydrogen-bond donors (Lipinski definition) is 0. The minimum Gasteiger partial charge on any atom is -0.375 e. The Balaban J connectivity index is 2.06. The standard InChI is InChI=1S/C14H17N/c1-15-12-7-9-13(14(15)10-8-12)11-5-3-2-4-6-11/h2-6,12H,7-10H2,1H3/t12-/m1/s1. The van der Waals surface area contributed by atoms with E-state index in [1.54, 1.807) is 11.3 Å². The summed E-state index contributed by atoms with van der Waals surface area (Å²) in [7, 11) is 2.26. The summed E-state index contributed by atoms with van der Waals surface area (Å²) < 4.78 is 0. The van der Waals surface area contributed by atoms with Crippen LogP contribution in [-0.4, -0.2) is 18.0 Å². The summed E-state index contributed by atoms with van der Waals surface area (Å²) in [5.41, 5.74) is 4.61. The highest BCUT2D eigenvalue weighted by Gasteiger charge is 2.31. The topological polar surface area (TPSA) is 3.24 Å². The third-order valence-corrected chi connectivity index (χ3v) is 3.89. The van der Waals surface area contributed by atoms with Crippen molar-refractivity contribution in [2.45, 2.75) is 31.7 Å². The Bertz CT molecular complexity index is 391. The molecule has 2 bridgehead atoms. The molecule has 1 aromatic carbocycles. The van der Waals surface area contributed by atoms with Gasteiger partial charge in [-0.3, -0.25) is 0 Å². The predicted molar refractivity (Wildman–Crippen MR) is 63.4 cm³/mol. The van der Waals surface area contributed by atoms with Crippen molar-refractivity contribution in [2.75, 3.05) is 7.05 Å². The van der Waals surface area contributed by atoms with Crippen LogP contribution < -0.4 is 0 Å². The minimum atomic E-state index is 0.826. The van der Waals surface area contributed by atoms with E-state index in [1.165, 1.54) is 31.2 Å². The normalized spacial score (nSPS) is 24.9. The van der Waals surface area contributed by atoms with Crippen LogP contribution in [0.5, 0.6) is 0 Å². The van der Waals surface area contributed by atoms with E-state index in [1.807, 2.05) is 0 Å². The second-order valence-corrected chi connectivity index (χ2v) is 4.63. The van der Waals surface area contributed by atoms with Gasteiger partial charge in [-0.15, -0.1) is 0 Å². The second-order valence-electron chi connectivity index (χ2n) is 4.63. The van der Waals surface area contributed by atoms with Crippen molar-refractivity contribution in [3.63, 3.8) is 0 Å². The molecule has 1 nitrogen and oxygen atoms in total. The molecular weight excluding hydrogens is 182 g/mol. The summed E-state index contributed by atoms with van der Waals surface area (Å²) in [6.07, 6.45) is 5.26. The van der Waals surface area contributed by atoms with Gasteiger partial charge >= 0.3 is 0 Å². The Labute approximate surface area is 91.4 Å². The molecule has 0 spiro atoms. The van der Waals surface area contributed by atoms with E-state index in [9.17, 15) is 0 Å². The van der Waals surface area contributed by atoms with Gasteiger partial charge in [-0.25, -0.2) is 0 Å². The van der Waals surface area contributed by atoms with E-state index in [0.717, 1.165) is 6.04 Å². The summed E-state index contributed by atoms with van der Waals surface area (Å²) in [5, 5.41) is 0. The van der Waals surface area contributed by atoms with Crippen molar-refractivity contribution in [2.24, 2.45) is 0 Å². The van der Waals surface area contributed by atoms with Crippen LogP contribution in [0.25, 0.3) is 5.57 Å². The number of allylic oxidation sites excluding steroid dienone is 2. The largest absolute Gasteiger partial charge is 0.375 e. The van der Waals surface area contributed by atoms with E-state index in [-0.39, 0.29) is 0 Å². The highest BCUT2D eigenvalue weighted by atomic mass is 15.2. The van der Waals surface area contributed by atoms with E-state index in [0.29, 0.717) is 0 Å². The van der Waals surface area contributed by atoms with E-state index in [2.05, 4.69) is 42.3 Å². The molecule has 1 fully saturated rings. The Morgan fingerprint density at radius 2 is 1.80 bits per heavy atom. The number of rotatable bonds is 1. The van der Waals surface area contributed by atoms with Gasteiger partial charge in [-0.2, -0.15) is 0 Å². The molecule has 78 valence electrons. The van der Waals surface area contributed by atoms with Gasteiger partial charge in [-0.05, 0) is 36.8 Å². The molecule has 0 radical (unpaired) electrons. The zero-order valence-electron chi connectivity index (χ0n) is 9.24. The van der Waals surface area contributed by atoms with Crippen molar-refractivity contribution in [3.8, 4) is 0 Å². The molecule has 0 amide bonds. The predicted octanol–water partition coefficient (Wildman–Crippen LogP) is 3.29. The second kappa shape index (κ2) is 3.41. The number of fused-ring (bicyclic) bond motifs is 2. The number of hydrogen-bond acceptors (Lipinski definition) is 1. The molecule has 2 aliphatic heterocycles. The van der Waals surface area contributed by atoms with Crippen LogP contribution in [0.2, 0.25) is 0 Å². The van der Waals surface area contributed by atoms with E-state index in [4.69, 9.17) is 0 Å². The summed E-state index contributed by atoms with van der Waals surface area (Å²) >= 11 is 0. The molecule has 1 atom stereocenters. The fourth-order valence-electron chi connectivity index (χ4n) is 3.00. The number of nitrogens with zero attached hydrogens (tertiary/aromatic N) is 1. The van der Waals surface area contributed by atoms with Crippen molar-refractivity contribution in [1.29, 1.82) is 0 Å². The molecule has 1 heteroatoms. The first-order valence-electron chi connectivity index (χ1n) is 5.86. The summed E-state index contributed by atoms with van der Waals surface area (Å²) in [5.74, 6) is 0. The quantitative estimate of drug-likeness (QED) is 0.671. The summed E-state index contributed by atoms with van der Waals surface area (Å²) in [6, 6.07) is 11.7. The molecule has 15 heavy (non-hydrogen) atoms. The van der Waals surface area contributed by atoms with Gasteiger partial charge in [-0.1, -0.05) is 30.3 Å². The monoisotopic (exact) mass is 199 g/mol. The van der Waals surface area contributed by atoms with Gasteiger partial charge in [0.2, 0.25) is 0 Å². The van der Waals surface area contributed by atoms with Gasteiger partial charge in [0.25, 0.3) is 0 Å². The van der Waals surface area contributed by atoms with E-state index < -0.39 is 0 Å². The third-order valence-electron chi connectivity index (χ3n) is 3.89. The maximum Gasteiger partial charge on any atom is 0.0290 e. The van der Waals surface area contributed by atoms with Crippen LogP contribution in [-0.2, 0) is 0 Å².